The van der Waals surface area contributed by atoms with Crippen molar-refractivity contribution in [3.63, 3.8) is 0 Å². The Morgan fingerprint density at radius 2 is 1.73 bits per heavy atom. The average molecular weight is 497 g/mol. The molecule has 0 spiro atoms. The fraction of sp³-hybridized carbons (Fsp3) is 0.290. The first-order chi connectivity index (χ1) is 17.8. The number of anilines is 2. The lowest BCUT2D eigenvalue weighted by atomic mass is 9.73. The molecule has 1 aliphatic heterocycles. The summed E-state index contributed by atoms with van der Waals surface area (Å²) in [6.45, 7) is 6.15. The first kappa shape index (κ1) is 24.6. The van der Waals surface area contributed by atoms with Crippen molar-refractivity contribution in [2.75, 3.05) is 17.3 Å². The van der Waals surface area contributed by atoms with Gasteiger partial charge in [0.2, 0.25) is 5.91 Å². The van der Waals surface area contributed by atoms with Crippen LogP contribution in [0.3, 0.4) is 0 Å². The number of nitrogens with zero attached hydrogens (tertiary/aromatic N) is 1. The van der Waals surface area contributed by atoms with Crippen molar-refractivity contribution < 1.29 is 19.1 Å². The Morgan fingerprint density at radius 1 is 1.00 bits per heavy atom. The maximum atomic E-state index is 13.7. The summed E-state index contributed by atoms with van der Waals surface area (Å²) < 4.78 is 11.8. The van der Waals surface area contributed by atoms with Crippen LogP contribution in [-0.2, 0) is 16.2 Å². The van der Waals surface area contributed by atoms with E-state index in [9.17, 15) is 9.59 Å². The van der Waals surface area contributed by atoms with Gasteiger partial charge in [0.15, 0.2) is 17.3 Å². The van der Waals surface area contributed by atoms with Crippen molar-refractivity contribution in [1.29, 1.82) is 0 Å². The molecule has 3 aromatic carbocycles. The van der Waals surface area contributed by atoms with Crippen LogP contribution in [0.25, 0.3) is 0 Å². The number of hydrogen-bond donors (Lipinski definition) is 1. The second kappa shape index (κ2) is 9.77. The average Bonchev–Trinajstić information content (AvgIpc) is 3.01. The van der Waals surface area contributed by atoms with Gasteiger partial charge in [-0.3, -0.25) is 14.5 Å². The number of amides is 1. The predicted octanol–water partition coefficient (Wildman–Crippen LogP) is 6.44. The van der Waals surface area contributed by atoms with Crippen molar-refractivity contribution in [1.82, 2.24) is 0 Å². The van der Waals surface area contributed by atoms with Crippen molar-refractivity contribution >= 4 is 23.1 Å². The van der Waals surface area contributed by atoms with Crippen LogP contribution < -0.4 is 19.7 Å². The van der Waals surface area contributed by atoms with E-state index >= 15 is 0 Å². The molecule has 0 saturated heterocycles. The summed E-state index contributed by atoms with van der Waals surface area (Å²) in [4.78, 5) is 28.6. The summed E-state index contributed by atoms with van der Waals surface area (Å²) in [6.07, 6.45) is 1.13. The predicted molar refractivity (Wildman–Crippen MR) is 145 cm³/mol. The topological polar surface area (TPSA) is 67.9 Å². The molecule has 1 aliphatic carbocycles. The lowest BCUT2D eigenvalue weighted by Crippen LogP contribution is -2.38. The van der Waals surface area contributed by atoms with Gasteiger partial charge in [0.1, 0.15) is 6.61 Å². The molecule has 37 heavy (non-hydrogen) atoms. The highest BCUT2D eigenvalue weighted by atomic mass is 16.5. The van der Waals surface area contributed by atoms with E-state index in [-0.39, 0.29) is 17.1 Å². The highest BCUT2D eigenvalue weighted by molar-refractivity contribution is 6.05. The van der Waals surface area contributed by atoms with Crippen molar-refractivity contribution in [2.45, 2.75) is 46.3 Å². The molecular weight excluding hydrogens is 464 g/mol. The molecule has 2 aliphatic rings. The smallest absolute Gasteiger partial charge is 0.224 e. The number of Topliss-reactive ketones (excluding diaryl/α,β-unsaturated/α-hetero) is 1. The largest absolute Gasteiger partial charge is 0.493 e. The van der Waals surface area contributed by atoms with Crippen molar-refractivity contribution in [3.8, 4) is 11.5 Å². The van der Waals surface area contributed by atoms with E-state index in [0.29, 0.717) is 36.5 Å². The first-order valence-electron chi connectivity index (χ1n) is 12.5. The summed E-state index contributed by atoms with van der Waals surface area (Å²) in [5, 5.41) is 3.52. The normalized spacial score (nSPS) is 18.3. The number of nitrogens with one attached hydrogen (secondary N) is 1. The quantitative estimate of drug-likeness (QED) is 0.440. The van der Waals surface area contributed by atoms with Gasteiger partial charge < -0.3 is 14.8 Å². The molecule has 1 heterocycles. The molecule has 0 unspecified atom stereocenters. The van der Waals surface area contributed by atoms with E-state index in [1.807, 2.05) is 72.8 Å². The second-order valence-corrected chi connectivity index (χ2v) is 10.5. The number of carbonyl (C=O) groups is 2. The van der Waals surface area contributed by atoms with Gasteiger partial charge in [-0.1, -0.05) is 62.4 Å². The molecule has 0 fully saturated rings. The van der Waals surface area contributed by atoms with E-state index in [0.717, 1.165) is 28.2 Å². The Balaban J connectivity index is 1.62. The van der Waals surface area contributed by atoms with E-state index in [1.54, 1.807) is 18.9 Å². The molecule has 5 rings (SSSR count). The van der Waals surface area contributed by atoms with Gasteiger partial charge in [-0.2, -0.15) is 0 Å². The van der Waals surface area contributed by atoms with Crippen LogP contribution in [0.1, 0.15) is 50.8 Å². The Bertz CT molecular complexity index is 1380. The molecule has 190 valence electrons. The molecule has 6 heteroatoms. The van der Waals surface area contributed by atoms with E-state index in [1.165, 1.54) is 0 Å². The Kier molecular flexibility index (Phi) is 6.50. The maximum absolute atomic E-state index is 13.7. The minimum absolute atomic E-state index is 0.0474. The van der Waals surface area contributed by atoms with Crippen LogP contribution >= 0.6 is 0 Å². The summed E-state index contributed by atoms with van der Waals surface area (Å²) in [7, 11) is 1.60. The van der Waals surface area contributed by atoms with Crippen molar-refractivity contribution in [2.24, 2.45) is 5.41 Å². The minimum Gasteiger partial charge on any atom is -0.493 e. The van der Waals surface area contributed by atoms with Crippen LogP contribution in [0, 0.1) is 5.41 Å². The van der Waals surface area contributed by atoms with Gasteiger partial charge in [0.25, 0.3) is 0 Å². The molecule has 0 saturated carbocycles. The Morgan fingerprint density at radius 3 is 2.46 bits per heavy atom. The highest BCUT2D eigenvalue weighted by Crippen LogP contribution is 2.49. The van der Waals surface area contributed by atoms with Crippen molar-refractivity contribution in [3.05, 3.63) is 95.2 Å². The molecule has 3 aromatic rings. The van der Waals surface area contributed by atoms with E-state index in [2.05, 4.69) is 19.2 Å². The zero-order valence-electron chi connectivity index (χ0n) is 21.7. The van der Waals surface area contributed by atoms with Gasteiger partial charge in [0, 0.05) is 24.6 Å². The number of para-hydroxylation sites is 2. The number of methoxy groups -OCH3 is 1. The van der Waals surface area contributed by atoms with Crippen LogP contribution in [0.15, 0.2) is 84.1 Å². The molecule has 1 N–H and O–H groups in total. The highest BCUT2D eigenvalue weighted by Gasteiger charge is 2.42. The zero-order chi connectivity index (χ0) is 26.2. The van der Waals surface area contributed by atoms with Crippen LogP contribution in [0.2, 0.25) is 0 Å². The molecule has 0 radical (unpaired) electrons. The second-order valence-electron chi connectivity index (χ2n) is 10.5. The van der Waals surface area contributed by atoms with E-state index < -0.39 is 6.04 Å². The molecular formula is C31H32N2O4. The van der Waals surface area contributed by atoms with Crippen LogP contribution in [-0.4, -0.2) is 18.8 Å². The fourth-order valence-electron chi connectivity index (χ4n) is 5.36. The molecule has 0 aromatic heterocycles. The third-order valence-corrected chi connectivity index (χ3v) is 6.98. The Labute approximate surface area is 217 Å². The number of carbonyl (C=O) groups excluding carboxylic acids is 2. The number of rotatable bonds is 5. The fourth-order valence-corrected chi connectivity index (χ4v) is 5.36. The molecule has 6 nitrogen and oxygen atoms in total. The van der Waals surface area contributed by atoms with Gasteiger partial charge in [-0.15, -0.1) is 0 Å². The molecule has 1 atom stereocenters. The molecule has 1 amide bonds. The number of ketones is 1. The Hall–Kier alpha value is -4.06. The number of hydrogen-bond acceptors (Lipinski definition) is 5. The summed E-state index contributed by atoms with van der Waals surface area (Å²) in [5.74, 6) is 1.05. The van der Waals surface area contributed by atoms with Gasteiger partial charge >= 0.3 is 0 Å². The number of benzene rings is 3. The summed E-state index contributed by atoms with van der Waals surface area (Å²) >= 11 is 0. The van der Waals surface area contributed by atoms with Gasteiger partial charge in [-0.25, -0.2) is 0 Å². The van der Waals surface area contributed by atoms with Gasteiger partial charge in [-0.05, 0) is 47.2 Å². The lowest BCUT2D eigenvalue weighted by Gasteiger charge is -2.37. The minimum atomic E-state index is -0.593. The third kappa shape index (κ3) is 4.84. The number of allylic oxidation sites excluding steroid dienone is 1. The van der Waals surface area contributed by atoms with Crippen LogP contribution in [0.4, 0.5) is 11.4 Å². The monoisotopic (exact) mass is 496 g/mol. The standard InChI is InChI=1S/C31H32N2O4/c1-20(34)33-25-13-9-8-12-23(25)32-24-17-31(2,3)18-26(35)29(24)30(33)22-14-15-27(28(16-22)36-4)37-19-21-10-6-5-7-11-21/h5-16,30,32H,17-19H2,1-4H3/t30-/m1/s1. The van der Waals surface area contributed by atoms with Gasteiger partial charge in [0.05, 0.1) is 24.5 Å². The first-order valence-corrected chi connectivity index (χ1v) is 12.5. The SMILES string of the molecule is COc1cc([C@@H]2C3=C(CC(C)(C)CC3=O)Nc3ccccc3N2C(C)=O)ccc1OCc1ccccc1. The number of ether oxygens (including phenoxy) is 2. The zero-order valence-corrected chi connectivity index (χ0v) is 21.7. The lowest BCUT2D eigenvalue weighted by molar-refractivity contribution is -0.118. The number of fused-ring (bicyclic) bond motifs is 1. The van der Waals surface area contributed by atoms with Crippen LogP contribution in [0.5, 0.6) is 11.5 Å². The van der Waals surface area contributed by atoms with E-state index in [4.69, 9.17) is 9.47 Å². The summed E-state index contributed by atoms with van der Waals surface area (Å²) in [5.41, 5.74) is 4.71. The maximum Gasteiger partial charge on any atom is 0.224 e. The third-order valence-electron chi connectivity index (χ3n) is 6.98. The summed E-state index contributed by atoms with van der Waals surface area (Å²) in [6, 6.07) is 22.7. The molecule has 0 bridgehead atoms.